The summed E-state index contributed by atoms with van der Waals surface area (Å²) in [6, 6.07) is 6.76. The van der Waals surface area contributed by atoms with Crippen molar-refractivity contribution >= 4 is 59.7 Å². The minimum Gasteiger partial charge on any atom is -0.367 e. The molecule has 0 fully saturated rings. The molecule has 274 valence electrons. The Bertz CT molecular complexity index is 1400. The standard InChI is InChI=1S/C22H38N4O18P4/c1-15-5-7-16(8-6-15)25-17(27)3-2-4-20(30)26(13-18(28)23-11-9-21(31,45(33,34)35)46(36,37)38)14-19(29)24-12-10-22(32,47(39,40)41)48(42,43)44/h5-8,31-32H,2-4,9-14H2,1H3,(H,23,28)(H,24,29)(H,25,27)(H2,33,34,35)(H2,36,37,38)(H2,39,40,41)(H2,42,43,44). The Morgan fingerprint density at radius 1 is 0.646 bits per heavy atom. The molecule has 0 aliphatic carbocycles. The number of nitrogens with zero attached hydrogens (tertiary/aromatic N) is 1. The number of carbonyl (C=O) groups excluding carboxylic acids is 4. The van der Waals surface area contributed by atoms with Crippen molar-refractivity contribution in [1.82, 2.24) is 15.5 Å². The molecule has 1 aromatic rings. The maximum atomic E-state index is 12.9. The Labute approximate surface area is 272 Å². The molecule has 0 radical (unpaired) electrons. The number of hydrogen-bond donors (Lipinski definition) is 13. The van der Waals surface area contributed by atoms with Crippen molar-refractivity contribution < 1.29 is 86.8 Å². The molecule has 22 nitrogen and oxygen atoms in total. The van der Waals surface area contributed by atoms with Crippen molar-refractivity contribution in [3.8, 4) is 0 Å². The monoisotopic (exact) mass is 770 g/mol. The van der Waals surface area contributed by atoms with E-state index in [0.717, 1.165) is 5.56 Å². The van der Waals surface area contributed by atoms with Gasteiger partial charge in [-0.25, -0.2) is 0 Å². The lowest BCUT2D eigenvalue weighted by Crippen LogP contribution is -2.47. The highest BCUT2D eigenvalue weighted by molar-refractivity contribution is 7.72. The number of hydrogen-bond acceptors (Lipinski definition) is 10. The molecule has 0 bridgehead atoms. The first-order chi connectivity index (χ1) is 21.6. The Balaban J connectivity index is 2.97. The fourth-order valence-corrected chi connectivity index (χ4v) is 8.10. The topological polar surface area (TPSA) is 378 Å². The Morgan fingerprint density at radius 2 is 1.02 bits per heavy atom. The molecule has 0 spiro atoms. The summed E-state index contributed by atoms with van der Waals surface area (Å²) in [6.07, 6.45) is -3.43. The van der Waals surface area contributed by atoms with E-state index in [4.69, 9.17) is 0 Å². The maximum absolute atomic E-state index is 12.9. The second kappa shape index (κ2) is 17.0. The van der Waals surface area contributed by atoms with Crippen LogP contribution in [0.15, 0.2) is 24.3 Å². The lowest BCUT2D eigenvalue weighted by atomic mass is 10.2. The highest BCUT2D eigenvalue weighted by Gasteiger charge is 2.59. The molecule has 26 heteroatoms. The summed E-state index contributed by atoms with van der Waals surface area (Å²) < 4.78 is 46.0. The number of rotatable bonds is 19. The first kappa shape index (κ1) is 43.6. The molecule has 0 heterocycles. The zero-order valence-corrected chi connectivity index (χ0v) is 28.7. The normalized spacial score (nSPS) is 13.1. The summed E-state index contributed by atoms with van der Waals surface area (Å²) in [7, 11) is -23.4. The first-order valence-electron chi connectivity index (χ1n) is 13.5. The predicted octanol–water partition coefficient (Wildman–Crippen LogP) is -2.05. The lowest BCUT2D eigenvalue weighted by Gasteiger charge is -2.29. The summed E-state index contributed by atoms with van der Waals surface area (Å²) in [6.45, 7) is -2.02. The fraction of sp³-hybridized carbons (Fsp3) is 0.545. The Hall–Kier alpha value is -2.38. The van der Waals surface area contributed by atoms with Gasteiger partial charge in [0.2, 0.25) is 23.6 Å². The molecule has 0 atom stereocenters. The molecule has 1 rings (SSSR count). The number of anilines is 1. The van der Waals surface area contributed by atoms with Crippen molar-refractivity contribution in [1.29, 1.82) is 0 Å². The number of aliphatic hydroxyl groups is 2. The molecule has 48 heavy (non-hydrogen) atoms. The zero-order chi connectivity index (χ0) is 37.4. The molecule has 0 unspecified atom stereocenters. The number of benzene rings is 1. The van der Waals surface area contributed by atoms with Crippen LogP contribution in [0.2, 0.25) is 0 Å². The Kier molecular flexibility index (Phi) is 15.5. The summed E-state index contributed by atoms with van der Waals surface area (Å²) >= 11 is 0. The number of carbonyl (C=O) groups is 4. The van der Waals surface area contributed by atoms with Gasteiger partial charge in [0.15, 0.2) is 0 Å². The van der Waals surface area contributed by atoms with Crippen LogP contribution in [-0.4, -0.2) is 114 Å². The van der Waals surface area contributed by atoms with E-state index < -0.39 is 110 Å². The summed E-state index contributed by atoms with van der Waals surface area (Å²) in [5.41, 5.74) is 1.41. The third kappa shape index (κ3) is 12.5. The van der Waals surface area contributed by atoms with Gasteiger partial charge in [-0.2, -0.15) is 0 Å². The van der Waals surface area contributed by atoms with E-state index in [0.29, 0.717) is 10.6 Å². The average Bonchev–Trinajstić information content (AvgIpc) is 2.91. The van der Waals surface area contributed by atoms with Gasteiger partial charge >= 0.3 is 30.4 Å². The van der Waals surface area contributed by atoms with Crippen LogP contribution in [0.3, 0.4) is 0 Å². The van der Waals surface area contributed by atoms with Gasteiger partial charge in [0.05, 0.1) is 0 Å². The predicted molar refractivity (Wildman–Crippen MR) is 164 cm³/mol. The highest BCUT2D eigenvalue weighted by atomic mass is 31.2. The van der Waals surface area contributed by atoms with E-state index in [9.17, 15) is 86.8 Å². The second-order valence-electron chi connectivity index (χ2n) is 10.4. The first-order valence-corrected chi connectivity index (χ1v) is 19.9. The molecule has 1 aromatic carbocycles. The van der Waals surface area contributed by atoms with E-state index in [1.165, 1.54) is 0 Å². The van der Waals surface area contributed by atoms with Crippen LogP contribution >= 0.6 is 30.4 Å². The van der Waals surface area contributed by atoms with Crippen LogP contribution in [0.1, 0.15) is 37.7 Å². The van der Waals surface area contributed by atoms with Crippen LogP contribution in [-0.2, 0) is 37.4 Å². The van der Waals surface area contributed by atoms with Gasteiger partial charge in [0, 0.05) is 44.5 Å². The molecule has 0 aliphatic rings. The maximum Gasteiger partial charge on any atom is 0.369 e. The van der Waals surface area contributed by atoms with Gasteiger partial charge in [0.25, 0.3) is 10.2 Å². The second-order valence-corrected chi connectivity index (χ2v) is 18.5. The molecular formula is C22H38N4O18P4. The van der Waals surface area contributed by atoms with E-state index in [2.05, 4.69) is 5.32 Å². The number of amides is 4. The SMILES string of the molecule is Cc1ccc(NC(=O)CCCC(=O)N(CC(=O)NCCC(O)(P(=O)(O)O)P(=O)(O)O)CC(=O)NCCC(O)(P(=O)(O)O)P(=O)(O)O)cc1. The number of aryl methyl sites for hydroxylation is 1. The van der Waals surface area contributed by atoms with Crippen molar-refractivity contribution in [2.24, 2.45) is 0 Å². The molecule has 13 N–H and O–H groups in total. The third-order valence-corrected chi connectivity index (χ3v) is 14.3. The molecule has 0 aromatic heterocycles. The van der Waals surface area contributed by atoms with E-state index in [1.54, 1.807) is 24.3 Å². The third-order valence-electron chi connectivity index (χ3n) is 6.58. The van der Waals surface area contributed by atoms with Gasteiger partial charge in [-0.15, -0.1) is 0 Å². The smallest absolute Gasteiger partial charge is 0.367 e. The van der Waals surface area contributed by atoms with Crippen molar-refractivity contribution in [2.75, 3.05) is 31.5 Å². The molecule has 0 saturated heterocycles. The molecular weight excluding hydrogens is 732 g/mol. The van der Waals surface area contributed by atoms with Crippen molar-refractivity contribution in [3.63, 3.8) is 0 Å². The average molecular weight is 770 g/mol. The zero-order valence-electron chi connectivity index (χ0n) is 25.1. The largest absolute Gasteiger partial charge is 0.369 e. The molecule has 0 aliphatic heterocycles. The van der Waals surface area contributed by atoms with E-state index >= 15 is 0 Å². The quantitative estimate of drug-likeness (QED) is 0.0673. The summed E-state index contributed by atoms with van der Waals surface area (Å²) in [5, 5.41) is 18.7. The van der Waals surface area contributed by atoms with Gasteiger partial charge in [-0.1, -0.05) is 17.7 Å². The minimum atomic E-state index is -5.85. The Morgan fingerprint density at radius 3 is 1.38 bits per heavy atom. The van der Waals surface area contributed by atoms with Crippen LogP contribution in [0.4, 0.5) is 5.69 Å². The highest BCUT2D eigenvalue weighted by Crippen LogP contribution is 2.69. The summed E-state index contributed by atoms with van der Waals surface area (Å²) in [5.74, 6) is -3.74. The molecule has 4 amide bonds. The van der Waals surface area contributed by atoms with E-state index in [1.807, 2.05) is 17.6 Å². The van der Waals surface area contributed by atoms with Gasteiger partial charge in [0.1, 0.15) is 13.1 Å². The van der Waals surface area contributed by atoms with Crippen LogP contribution < -0.4 is 16.0 Å². The van der Waals surface area contributed by atoms with Gasteiger partial charge in [-0.05, 0) is 25.5 Å². The van der Waals surface area contributed by atoms with Crippen molar-refractivity contribution in [3.05, 3.63) is 29.8 Å². The van der Waals surface area contributed by atoms with Crippen LogP contribution in [0.25, 0.3) is 0 Å². The van der Waals surface area contributed by atoms with Crippen LogP contribution in [0.5, 0.6) is 0 Å². The van der Waals surface area contributed by atoms with Gasteiger partial charge < -0.3 is 70.2 Å². The lowest BCUT2D eigenvalue weighted by molar-refractivity contribution is -0.139. The minimum absolute atomic E-state index is 0.106. The van der Waals surface area contributed by atoms with Crippen molar-refractivity contribution in [2.45, 2.75) is 49.2 Å². The molecule has 0 saturated carbocycles. The number of nitrogens with one attached hydrogen (secondary N) is 3. The van der Waals surface area contributed by atoms with Crippen LogP contribution in [0, 0.1) is 6.92 Å². The van der Waals surface area contributed by atoms with Gasteiger partial charge in [-0.3, -0.25) is 37.4 Å². The summed E-state index contributed by atoms with van der Waals surface area (Å²) in [4.78, 5) is 124. The fourth-order valence-electron chi connectivity index (χ4n) is 3.77. The van der Waals surface area contributed by atoms with E-state index in [-0.39, 0.29) is 12.8 Å².